The van der Waals surface area contributed by atoms with Gasteiger partial charge in [0.1, 0.15) is 29.1 Å². The smallest absolute Gasteiger partial charge is 0.245 e. The molecular weight excluding hydrogens is 460 g/mol. The van der Waals surface area contributed by atoms with Gasteiger partial charge in [0.15, 0.2) is 0 Å². The topological polar surface area (TPSA) is 63.5 Å². The summed E-state index contributed by atoms with van der Waals surface area (Å²) >= 11 is 0. The monoisotopic (exact) mass is 491 g/mol. The number of aromatic nitrogens is 1. The van der Waals surface area contributed by atoms with Crippen molar-refractivity contribution in [1.29, 1.82) is 5.26 Å². The summed E-state index contributed by atoms with van der Waals surface area (Å²) in [5, 5.41) is 10.3. The maximum atomic E-state index is 15.0. The van der Waals surface area contributed by atoms with Crippen molar-refractivity contribution in [2.24, 2.45) is 5.41 Å². The lowest BCUT2D eigenvalue weighted by atomic mass is 9.72. The molecule has 1 aromatic carbocycles. The van der Waals surface area contributed by atoms with Crippen LogP contribution in [0.2, 0.25) is 0 Å². The van der Waals surface area contributed by atoms with Crippen LogP contribution in [0.15, 0.2) is 30.9 Å². The molecule has 0 saturated carbocycles. The average molecular weight is 492 g/mol. The first-order valence-corrected chi connectivity index (χ1v) is 12.7. The zero-order valence-corrected chi connectivity index (χ0v) is 20.7. The Hall–Kier alpha value is -3.31. The first-order valence-electron chi connectivity index (χ1n) is 12.7. The number of halogens is 2. The van der Waals surface area contributed by atoms with Crippen LogP contribution in [-0.2, 0) is 17.8 Å². The second-order valence-electron chi connectivity index (χ2n) is 10.3. The van der Waals surface area contributed by atoms with Crippen molar-refractivity contribution in [2.45, 2.75) is 39.2 Å². The number of fused-ring (bicyclic) bond motifs is 1. The molecule has 1 spiro atoms. The van der Waals surface area contributed by atoms with Gasteiger partial charge in [-0.15, -0.1) is 0 Å². The quantitative estimate of drug-likeness (QED) is 0.585. The molecule has 36 heavy (non-hydrogen) atoms. The summed E-state index contributed by atoms with van der Waals surface area (Å²) in [6, 6.07) is 5.89. The van der Waals surface area contributed by atoms with E-state index in [4.69, 9.17) is 4.98 Å². The molecule has 3 aliphatic rings. The van der Waals surface area contributed by atoms with E-state index in [0.717, 1.165) is 62.8 Å². The first kappa shape index (κ1) is 24.4. The lowest BCUT2D eigenvalue weighted by Crippen LogP contribution is -2.61. The van der Waals surface area contributed by atoms with E-state index in [0.29, 0.717) is 43.0 Å². The normalized spacial score (nSPS) is 18.9. The molecule has 1 amide bonds. The molecule has 3 aliphatic heterocycles. The number of piperidine rings is 1. The van der Waals surface area contributed by atoms with Gasteiger partial charge in [-0.3, -0.25) is 9.69 Å². The molecule has 2 saturated heterocycles. The van der Waals surface area contributed by atoms with Gasteiger partial charge in [-0.05, 0) is 56.0 Å². The third kappa shape index (κ3) is 4.26. The number of hydrogen-bond donors (Lipinski definition) is 0. The highest BCUT2D eigenvalue weighted by atomic mass is 19.1. The third-order valence-electron chi connectivity index (χ3n) is 7.93. The fourth-order valence-corrected chi connectivity index (χ4v) is 6.01. The SMILES string of the molecule is C=CC(=O)N1CC2(CCN(c3nc4c(c(-c5ccc(F)cc5F)c3C#N)CCN(CCC)C4)CC2)C1. The molecule has 188 valence electrons. The van der Waals surface area contributed by atoms with Crippen LogP contribution in [0.4, 0.5) is 14.6 Å². The fraction of sp³-hybridized carbons (Fsp3) is 0.464. The Balaban J connectivity index is 1.51. The number of likely N-dealkylation sites (tertiary alicyclic amines) is 1. The van der Waals surface area contributed by atoms with Gasteiger partial charge < -0.3 is 9.80 Å². The van der Waals surface area contributed by atoms with Crippen LogP contribution in [0.25, 0.3) is 11.1 Å². The Bertz CT molecular complexity index is 1240. The van der Waals surface area contributed by atoms with Crippen molar-refractivity contribution < 1.29 is 13.6 Å². The molecule has 0 radical (unpaired) electrons. The van der Waals surface area contributed by atoms with Gasteiger partial charge in [0.25, 0.3) is 0 Å². The van der Waals surface area contributed by atoms with Crippen LogP contribution in [0.1, 0.15) is 43.0 Å². The van der Waals surface area contributed by atoms with Gasteiger partial charge in [0.2, 0.25) is 5.91 Å². The number of benzene rings is 1. The lowest BCUT2D eigenvalue weighted by molar-refractivity contribution is -0.139. The van der Waals surface area contributed by atoms with Crippen molar-refractivity contribution in [1.82, 2.24) is 14.8 Å². The summed E-state index contributed by atoms with van der Waals surface area (Å²) in [6.07, 6.45) is 4.83. The lowest BCUT2D eigenvalue weighted by Gasteiger charge is -2.54. The van der Waals surface area contributed by atoms with Crippen molar-refractivity contribution in [3.05, 3.63) is 59.3 Å². The van der Waals surface area contributed by atoms with Gasteiger partial charge in [-0.2, -0.15) is 5.26 Å². The van der Waals surface area contributed by atoms with Crippen LogP contribution in [0.5, 0.6) is 0 Å². The molecule has 0 N–H and O–H groups in total. The van der Waals surface area contributed by atoms with Crippen LogP contribution in [0, 0.1) is 28.4 Å². The summed E-state index contributed by atoms with van der Waals surface area (Å²) in [4.78, 5) is 23.2. The van der Waals surface area contributed by atoms with E-state index in [-0.39, 0.29) is 16.9 Å². The summed E-state index contributed by atoms with van der Waals surface area (Å²) in [6.45, 7) is 11.0. The van der Waals surface area contributed by atoms with Crippen LogP contribution >= 0.6 is 0 Å². The Labute approximate surface area is 210 Å². The first-order chi connectivity index (χ1) is 17.4. The third-order valence-corrected chi connectivity index (χ3v) is 7.93. The average Bonchev–Trinajstić information content (AvgIpc) is 2.86. The van der Waals surface area contributed by atoms with Crippen LogP contribution in [0.3, 0.4) is 0 Å². The number of pyridine rings is 1. The number of amides is 1. The van der Waals surface area contributed by atoms with Crippen molar-refractivity contribution in [3.63, 3.8) is 0 Å². The van der Waals surface area contributed by atoms with Crippen molar-refractivity contribution >= 4 is 11.7 Å². The highest BCUT2D eigenvalue weighted by Gasteiger charge is 2.46. The summed E-state index contributed by atoms with van der Waals surface area (Å²) in [5.74, 6) is -0.756. The van der Waals surface area contributed by atoms with Gasteiger partial charge >= 0.3 is 0 Å². The molecule has 0 aliphatic carbocycles. The minimum absolute atomic E-state index is 0.0335. The minimum atomic E-state index is -0.666. The Morgan fingerprint density at radius 3 is 2.64 bits per heavy atom. The fourth-order valence-electron chi connectivity index (χ4n) is 6.01. The summed E-state index contributed by atoms with van der Waals surface area (Å²) < 4.78 is 28.8. The number of carbonyl (C=O) groups excluding carboxylic acids is 1. The molecular formula is C28H31F2N5O. The molecule has 2 aromatic rings. The zero-order chi connectivity index (χ0) is 25.4. The molecule has 2 fully saturated rings. The number of rotatable bonds is 5. The predicted molar refractivity (Wildman–Crippen MR) is 134 cm³/mol. The molecule has 5 rings (SSSR count). The highest BCUT2D eigenvalue weighted by Crippen LogP contribution is 2.44. The number of anilines is 1. The van der Waals surface area contributed by atoms with E-state index in [1.54, 1.807) is 0 Å². The largest absolute Gasteiger partial charge is 0.355 e. The van der Waals surface area contributed by atoms with E-state index in [2.05, 4.69) is 29.4 Å². The van der Waals surface area contributed by atoms with E-state index in [9.17, 15) is 14.4 Å². The maximum absolute atomic E-state index is 15.0. The van der Waals surface area contributed by atoms with E-state index >= 15 is 4.39 Å². The van der Waals surface area contributed by atoms with E-state index < -0.39 is 11.6 Å². The standard InChI is InChI=1S/C28H31F2N5O/c1-3-10-33-11-7-21-24(16-33)32-27(22(15-31)26(21)20-6-5-19(29)14-23(20)30)34-12-8-28(9-13-34)17-35(18-28)25(36)4-2/h4-6,14H,2-3,7-13,16-18H2,1H3. The number of nitriles is 1. The summed E-state index contributed by atoms with van der Waals surface area (Å²) in [7, 11) is 0. The van der Waals surface area contributed by atoms with Crippen LogP contribution < -0.4 is 4.90 Å². The van der Waals surface area contributed by atoms with Gasteiger partial charge in [0, 0.05) is 61.9 Å². The maximum Gasteiger partial charge on any atom is 0.245 e. The molecule has 6 nitrogen and oxygen atoms in total. The Morgan fingerprint density at radius 2 is 2.00 bits per heavy atom. The van der Waals surface area contributed by atoms with Crippen LogP contribution in [-0.4, -0.2) is 60.0 Å². The number of hydrogen-bond acceptors (Lipinski definition) is 5. The zero-order valence-electron chi connectivity index (χ0n) is 20.7. The highest BCUT2D eigenvalue weighted by molar-refractivity contribution is 5.87. The number of nitrogens with zero attached hydrogens (tertiary/aromatic N) is 5. The van der Waals surface area contributed by atoms with E-state index in [1.807, 2.05) is 4.90 Å². The van der Waals surface area contributed by atoms with E-state index in [1.165, 1.54) is 18.2 Å². The second-order valence-corrected chi connectivity index (χ2v) is 10.3. The molecule has 0 unspecified atom stereocenters. The van der Waals surface area contributed by atoms with Crippen molar-refractivity contribution in [2.75, 3.05) is 44.2 Å². The molecule has 0 atom stereocenters. The Kier molecular flexibility index (Phi) is 6.52. The molecule has 8 heteroatoms. The second kappa shape index (κ2) is 9.62. The Morgan fingerprint density at radius 1 is 1.25 bits per heavy atom. The van der Waals surface area contributed by atoms with Gasteiger partial charge in [-0.25, -0.2) is 13.8 Å². The minimum Gasteiger partial charge on any atom is -0.355 e. The van der Waals surface area contributed by atoms with Crippen molar-refractivity contribution in [3.8, 4) is 17.2 Å². The molecule has 1 aromatic heterocycles. The summed E-state index contributed by atoms with van der Waals surface area (Å²) in [5.41, 5.74) is 3.02. The molecule has 0 bridgehead atoms. The number of carbonyl (C=O) groups is 1. The van der Waals surface area contributed by atoms with Gasteiger partial charge in [-0.1, -0.05) is 13.5 Å². The molecule has 4 heterocycles. The van der Waals surface area contributed by atoms with Gasteiger partial charge in [0.05, 0.1) is 5.69 Å². The predicted octanol–water partition coefficient (Wildman–Crippen LogP) is 4.28.